The second-order valence-corrected chi connectivity index (χ2v) is 19.1. The van der Waals surface area contributed by atoms with E-state index in [1.165, 1.54) is 37.4 Å². The fraction of sp³-hybridized carbons (Fsp3) is 0.0400. The molecule has 0 radical (unpaired) electrons. The van der Waals surface area contributed by atoms with Crippen molar-refractivity contribution in [3.05, 3.63) is 212 Å². The Bertz CT molecular complexity index is 2480. The Kier molecular flexibility index (Phi) is 15.6. The van der Waals surface area contributed by atoms with Crippen LogP contribution in [-0.2, 0) is 30.5 Å². The first-order valence-electron chi connectivity index (χ1n) is 18.9. The quantitative estimate of drug-likeness (QED) is 0.0684. The van der Waals surface area contributed by atoms with Crippen molar-refractivity contribution in [3.63, 3.8) is 0 Å². The molecule has 302 valence electrons. The van der Waals surface area contributed by atoms with Crippen LogP contribution in [-0.4, -0.2) is 26.3 Å². The van der Waals surface area contributed by atoms with Crippen molar-refractivity contribution in [3.8, 4) is 22.6 Å². The molecule has 0 unspecified atom stereocenters. The van der Waals surface area contributed by atoms with Gasteiger partial charge in [0.25, 0.3) is 0 Å². The number of rotatable bonds is 8. The molecule has 0 aliphatic carbocycles. The van der Waals surface area contributed by atoms with Crippen LogP contribution in [0.4, 0.5) is 17.1 Å². The SMILES string of the molecule is CNc1ccccc1-c1[c-]cccc1.CS(=O)(=O)[O-].[Pd+2].c1ccc(P(c2ccccc2)c2cccc3c2Oc2c(cccc2P(c2ccccc2)c2ccccc2)N3)cc1. The average Bonchev–Trinajstić information content (AvgIpc) is 3.27. The molecule has 0 saturated heterocycles. The van der Waals surface area contributed by atoms with Gasteiger partial charge in [0, 0.05) is 23.9 Å². The molecule has 6 nitrogen and oxygen atoms in total. The number of ether oxygens (including phenoxy) is 1. The van der Waals surface area contributed by atoms with Gasteiger partial charge in [-0.05, 0) is 73.1 Å². The molecular formula is C50H42N2O4P2PdS. The minimum atomic E-state index is -3.92. The van der Waals surface area contributed by atoms with E-state index < -0.39 is 26.0 Å². The van der Waals surface area contributed by atoms with Crippen LogP contribution in [0.2, 0.25) is 0 Å². The Labute approximate surface area is 369 Å². The Morgan fingerprint density at radius 1 is 0.533 bits per heavy atom. The van der Waals surface area contributed by atoms with E-state index in [4.69, 9.17) is 17.7 Å². The summed E-state index contributed by atoms with van der Waals surface area (Å²) in [5, 5.41) is 14.5. The molecule has 8 aromatic rings. The van der Waals surface area contributed by atoms with E-state index in [-0.39, 0.29) is 20.4 Å². The minimum absolute atomic E-state index is 0. The first-order valence-corrected chi connectivity index (χ1v) is 23.4. The number of fused-ring (bicyclic) bond motifs is 2. The van der Waals surface area contributed by atoms with Crippen LogP contribution in [0.3, 0.4) is 0 Å². The van der Waals surface area contributed by atoms with Gasteiger partial charge >= 0.3 is 20.4 Å². The molecule has 60 heavy (non-hydrogen) atoms. The van der Waals surface area contributed by atoms with Crippen molar-refractivity contribution in [2.75, 3.05) is 23.9 Å². The first-order chi connectivity index (χ1) is 28.8. The predicted octanol–water partition coefficient (Wildman–Crippen LogP) is 9.41. The second-order valence-electron chi connectivity index (χ2n) is 13.3. The zero-order valence-corrected chi connectivity index (χ0v) is 37.0. The molecular weight excluding hydrogens is 893 g/mol. The van der Waals surface area contributed by atoms with Crippen LogP contribution >= 0.6 is 15.8 Å². The summed E-state index contributed by atoms with van der Waals surface area (Å²) in [6, 6.07) is 75.7. The maximum atomic E-state index is 9.08. The Balaban J connectivity index is 0.000000251. The van der Waals surface area contributed by atoms with E-state index in [9.17, 15) is 0 Å². The van der Waals surface area contributed by atoms with Crippen LogP contribution < -0.4 is 47.2 Å². The van der Waals surface area contributed by atoms with Gasteiger partial charge in [0.05, 0.1) is 21.5 Å². The third-order valence-electron chi connectivity index (χ3n) is 9.20. The summed E-state index contributed by atoms with van der Waals surface area (Å²) in [6.45, 7) is 0. The molecule has 2 N–H and O–H groups in total. The summed E-state index contributed by atoms with van der Waals surface area (Å²) in [5.41, 5.74) is 5.46. The molecule has 0 amide bonds. The summed E-state index contributed by atoms with van der Waals surface area (Å²) in [6.07, 6.45) is 0.604. The topological polar surface area (TPSA) is 90.5 Å². The second kappa shape index (κ2) is 21.2. The van der Waals surface area contributed by atoms with Gasteiger partial charge in [-0.2, -0.15) is 0 Å². The fourth-order valence-electron chi connectivity index (χ4n) is 6.72. The number of hydrogen-bond acceptors (Lipinski definition) is 6. The van der Waals surface area contributed by atoms with Crippen molar-refractivity contribution in [1.29, 1.82) is 0 Å². The number of benzene rings is 8. The molecule has 0 spiro atoms. The van der Waals surface area contributed by atoms with Crippen LogP contribution in [0, 0.1) is 6.07 Å². The molecule has 1 aliphatic rings. The molecule has 8 aromatic carbocycles. The van der Waals surface area contributed by atoms with Crippen LogP contribution in [0.5, 0.6) is 11.5 Å². The summed E-state index contributed by atoms with van der Waals surface area (Å²) in [5.74, 6) is 1.83. The van der Waals surface area contributed by atoms with Crippen molar-refractivity contribution >= 4 is 74.9 Å². The third-order valence-corrected chi connectivity index (χ3v) is 14.1. The van der Waals surface area contributed by atoms with Gasteiger partial charge < -0.3 is 19.9 Å². The molecule has 1 aliphatic heterocycles. The number of para-hydroxylation sites is 3. The maximum Gasteiger partial charge on any atom is 2.00 e. The zero-order chi connectivity index (χ0) is 41.0. The molecule has 0 aromatic heterocycles. The largest absolute Gasteiger partial charge is 2.00 e. The summed E-state index contributed by atoms with van der Waals surface area (Å²) in [4.78, 5) is 0. The van der Waals surface area contributed by atoms with Gasteiger partial charge in [-0.15, -0.1) is 35.9 Å². The first kappa shape index (κ1) is 44.2. The third kappa shape index (κ3) is 11.2. The Morgan fingerprint density at radius 2 is 0.917 bits per heavy atom. The minimum Gasteiger partial charge on any atom is -0.748 e. The van der Waals surface area contributed by atoms with Crippen molar-refractivity contribution in [2.45, 2.75) is 0 Å². The summed E-state index contributed by atoms with van der Waals surface area (Å²) in [7, 11) is -3.63. The van der Waals surface area contributed by atoms with Gasteiger partial charge in [-0.1, -0.05) is 157 Å². The van der Waals surface area contributed by atoms with E-state index in [2.05, 4.69) is 193 Å². The van der Waals surface area contributed by atoms with Gasteiger partial charge in [0.15, 0.2) is 11.5 Å². The fourth-order valence-corrected chi connectivity index (χ4v) is 11.5. The smallest absolute Gasteiger partial charge is 0.748 e. The van der Waals surface area contributed by atoms with E-state index in [1.54, 1.807) is 0 Å². The van der Waals surface area contributed by atoms with Crippen LogP contribution in [0.1, 0.15) is 0 Å². The van der Waals surface area contributed by atoms with Gasteiger partial charge in [0.2, 0.25) is 0 Å². The van der Waals surface area contributed by atoms with Crippen molar-refractivity contribution in [2.24, 2.45) is 0 Å². The standard InChI is InChI=1S/C36H27NOP2.C13H12N.CH4O3S.Pd/c1-5-15-27(16-6-1)39(28-17-7-2-8-18-28)33-25-13-23-31-35(33)38-36-32(37-31)24-14-26-34(36)40(29-19-9-3-10-20-29)30-21-11-4-12-22-30;1-14-13-10-6-5-9-12(13)11-7-3-2-4-8-11;1-5(2,3)4;/h1-26,37H;2-7,9-10,14H,1H3;1H3,(H,2,3,4);/q;-1;;+2/p-1. The van der Waals surface area contributed by atoms with E-state index >= 15 is 0 Å². The van der Waals surface area contributed by atoms with Crippen molar-refractivity contribution < 1.29 is 38.1 Å². The molecule has 0 bridgehead atoms. The molecule has 0 fully saturated rings. The Hall–Kier alpha value is -5.41. The van der Waals surface area contributed by atoms with Crippen LogP contribution in [0.25, 0.3) is 11.1 Å². The van der Waals surface area contributed by atoms with Gasteiger partial charge in [-0.3, -0.25) is 0 Å². The summed E-state index contributed by atoms with van der Waals surface area (Å²) >= 11 is 0. The Morgan fingerprint density at radius 3 is 1.30 bits per heavy atom. The number of nitrogens with one attached hydrogen (secondary N) is 2. The zero-order valence-electron chi connectivity index (χ0n) is 32.9. The molecule has 10 heteroatoms. The molecule has 9 rings (SSSR count). The average molecular weight is 935 g/mol. The number of anilines is 3. The summed E-state index contributed by atoms with van der Waals surface area (Å²) < 4.78 is 34.3. The monoisotopic (exact) mass is 934 g/mol. The van der Waals surface area contributed by atoms with E-state index in [0.29, 0.717) is 6.26 Å². The molecule has 1 heterocycles. The molecule has 0 saturated carbocycles. The van der Waals surface area contributed by atoms with Gasteiger partial charge in [-0.25, -0.2) is 8.42 Å². The van der Waals surface area contributed by atoms with E-state index in [0.717, 1.165) is 34.1 Å². The maximum absolute atomic E-state index is 9.08. The van der Waals surface area contributed by atoms with Crippen molar-refractivity contribution in [1.82, 2.24) is 0 Å². The normalized spacial score (nSPS) is 11.2. The molecule has 0 atom stereocenters. The van der Waals surface area contributed by atoms with Gasteiger partial charge in [0.1, 0.15) is 0 Å². The predicted molar refractivity (Wildman–Crippen MR) is 250 cm³/mol. The number of hydrogen-bond donors (Lipinski definition) is 2. The van der Waals surface area contributed by atoms with E-state index in [1.807, 2.05) is 37.4 Å². The van der Waals surface area contributed by atoms with Crippen LogP contribution in [0.15, 0.2) is 206 Å².